The summed E-state index contributed by atoms with van der Waals surface area (Å²) in [5.74, 6) is 1.80. The third-order valence-electron chi connectivity index (χ3n) is 2.63. The number of hydrogen-bond acceptors (Lipinski definition) is 5. The van der Waals surface area contributed by atoms with Crippen LogP contribution in [0.1, 0.15) is 19.0 Å². The lowest BCUT2D eigenvalue weighted by Gasteiger charge is -2.31. The molecule has 2 rings (SSSR count). The Morgan fingerprint density at radius 3 is 3.31 bits per heavy atom. The smallest absolute Gasteiger partial charge is 0.226 e. The van der Waals surface area contributed by atoms with E-state index in [1.54, 1.807) is 12.3 Å². The van der Waals surface area contributed by atoms with Gasteiger partial charge in [0.1, 0.15) is 11.8 Å². The Morgan fingerprint density at radius 1 is 1.69 bits per heavy atom. The molecule has 1 atom stereocenters. The van der Waals surface area contributed by atoms with E-state index in [1.807, 2.05) is 17.8 Å². The predicted octanol–water partition coefficient (Wildman–Crippen LogP) is 1.68. The third-order valence-corrected chi connectivity index (χ3v) is 4.01. The summed E-state index contributed by atoms with van der Waals surface area (Å²) in [5, 5.41) is 9.45. The molecule has 0 aromatic carbocycles. The molecule has 0 aliphatic carbocycles. The molecule has 84 valence electrons. The van der Waals surface area contributed by atoms with Crippen molar-refractivity contribution in [3.8, 4) is 6.07 Å². The Morgan fingerprint density at radius 2 is 2.56 bits per heavy atom. The van der Waals surface area contributed by atoms with Gasteiger partial charge >= 0.3 is 0 Å². The summed E-state index contributed by atoms with van der Waals surface area (Å²) in [7, 11) is 0. The Labute approximate surface area is 99.7 Å². The maximum Gasteiger partial charge on any atom is 0.226 e. The second-order valence-corrected chi connectivity index (χ2v) is 5.11. The molecule has 0 N–H and O–H groups in total. The molecule has 1 aliphatic rings. The summed E-state index contributed by atoms with van der Waals surface area (Å²) >= 11 is 2.01. The Hall–Kier alpha value is -1.28. The average Bonchev–Trinajstić information content (AvgIpc) is 2.39. The topological polar surface area (TPSA) is 52.8 Å². The van der Waals surface area contributed by atoms with Crippen LogP contribution in [0.3, 0.4) is 0 Å². The quantitative estimate of drug-likeness (QED) is 0.779. The van der Waals surface area contributed by atoms with Gasteiger partial charge in [-0.2, -0.15) is 17.0 Å². The minimum atomic E-state index is 0.441. The van der Waals surface area contributed by atoms with Crippen LogP contribution in [-0.4, -0.2) is 34.1 Å². The molecule has 1 aromatic rings. The summed E-state index contributed by atoms with van der Waals surface area (Å²) in [5.41, 5.74) is 0.441. The Kier molecular flexibility index (Phi) is 3.62. The van der Waals surface area contributed by atoms with Crippen molar-refractivity contribution < 1.29 is 0 Å². The van der Waals surface area contributed by atoms with Crippen molar-refractivity contribution in [2.45, 2.75) is 18.6 Å². The van der Waals surface area contributed by atoms with E-state index in [4.69, 9.17) is 5.26 Å². The van der Waals surface area contributed by atoms with Crippen molar-refractivity contribution in [3.63, 3.8) is 0 Å². The van der Waals surface area contributed by atoms with E-state index in [0.717, 1.165) is 18.8 Å². The predicted molar refractivity (Wildman–Crippen MR) is 65.5 cm³/mol. The van der Waals surface area contributed by atoms with Crippen LogP contribution in [0.4, 0.5) is 5.95 Å². The number of thioether (sulfide) groups is 1. The van der Waals surface area contributed by atoms with E-state index in [-0.39, 0.29) is 0 Å². The lowest BCUT2D eigenvalue weighted by Crippen LogP contribution is -2.38. The van der Waals surface area contributed by atoms with Gasteiger partial charge in [-0.3, -0.25) is 0 Å². The van der Waals surface area contributed by atoms with Crippen molar-refractivity contribution in [2.24, 2.45) is 0 Å². The Balaban J connectivity index is 2.14. The molecule has 2 heterocycles. The summed E-state index contributed by atoms with van der Waals surface area (Å²) in [6.45, 7) is 4.15. The van der Waals surface area contributed by atoms with E-state index in [2.05, 4.69) is 21.8 Å². The van der Waals surface area contributed by atoms with Gasteiger partial charge in [0.2, 0.25) is 5.95 Å². The second-order valence-electron chi connectivity index (χ2n) is 3.70. The molecule has 4 nitrogen and oxygen atoms in total. The molecule has 0 saturated carbocycles. The largest absolute Gasteiger partial charge is 0.339 e. The fraction of sp³-hybridized carbons (Fsp3) is 0.545. The summed E-state index contributed by atoms with van der Waals surface area (Å²) in [6.07, 6.45) is 2.82. The van der Waals surface area contributed by atoms with Crippen LogP contribution in [0, 0.1) is 11.3 Å². The van der Waals surface area contributed by atoms with Gasteiger partial charge in [-0.25, -0.2) is 9.97 Å². The molecule has 1 unspecified atom stereocenters. The highest BCUT2D eigenvalue weighted by molar-refractivity contribution is 8.00. The normalized spacial score (nSPS) is 20.5. The van der Waals surface area contributed by atoms with Crippen molar-refractivity contribution in [2.75, 3.05) is 23.7 Å². The van der Waals surface area contributed by atoms with Crippen LogP contribution in [0.15, 0.2) is 12.3 Å². The first kappa shape index (κ1) is 11.2. The average molecular weight is 234 g/mol. The number of anilines is 1. The molecule has 0 amide bonds. The van der Waals surface area contributed by atoms with E-state index < -0.39 is 0 Å². The molecule has 1 fully saturated rings. The first-order chi connectivity index (χ1) is 7.83. The van der Waals surface area contributed by atoms with Crippen LogP contribution < -0.4 is 4.90 Å². The maximum atomic E-state index is 8.80. The zero-order valence-electron chi connectivity index (χ0n) is 9.26. The minimum absolute atomic E-state index is 0.441. The first-order valence-electron chi connectivity index (χ1n) is 5.43. The molecule has 0 bridgehead atoms. The van der Waals surface area contributed by atoms with Crippen molar-refractivity contribution in [1.29, 1.82) is 5.26 Å². The van der Waals surface area contributed by atoms with Gasteiger partial charge in [-0.05, 0) is 12.5 Å². The number of hydrogen-bond donors (Lipinski definition) is 0. The minimum Gasteiger partial charge on any atom is -0.339 e. The fourth-order valence-corrected chi connectivity index (χ4v) is 2.89. The molecule has 5 heteroatoms. The molecule has 16 heavy (non-hydrogen) atoms. The number of nitriles is 1. The van der Waals surface area contributed by atoms with E-state index in [0.29, 0.717) is 16.9 Å². The van der Waals surface area contributed by atoms with Crippen molar-refractivity contribution in [3.05, 3.63) is 18.0 Å². The standard InChI is InChI=1S/C11H14N4S/c1-2-10-8-15(5-6-16-10)11-13-4-3-9(7-12)14-11/h3-4,10H,2,5-6,8H2,1H3. The first-order valence-corrected chi connectivity index (χ1v) is 6.48. The van der Waals surface area contributed by atoms with Crippen molar-refractivity contribution in [1.82, 2.24) is 9.97 Å². The van der Waals surface area contributed by atoms with Crippen LogP contribution in [0.2, 0.25) is 0 Å². The highest BCUT2D eigenvalue weighted by atomic mass is 32.2. The lowest BCUT2D eigenvalue weighted by atomic mass is 10.3. The van der Waals surface area contributed by atoms with Gasteiger partial charge < -0.3 is 4.90 Å². The molecule has 1 aromatic heterocycles. The van der Waals surface area contributed by atoms with Crippen LogP contribution in [0.5, 0.6) is 0 Å². The summed E-state index contributed by atoms with van der Waals surface area (Å²) < 4.78 is 0. The lowest BCUT2D eigenvalue weighted by molar-refractivity contribution is 0.709. The van der Waals surface area contributed by atoms with Gasteiger partial charge in [0.05, 0.1) is 0 Å². The number of nitrogens with zero attached hydrogens (tertiary/aromatic N) is 4. The monoisotopic (exact) mass is 234 g/mol. The molecular formula is C11H14N4S. The summed E-state index contributed by atoms with van der Waals surface area (Å²) in [4.78, 5) is 10.6. The fourth-order valence-electron chi connectivity index (χ4n) is 1.71. The molecule has 0 radical (unpaired) electrons. The van der Waals surface area contributed by atoms with Crippen LogP contribution in [0.25, 0.3) is 0 Å². The highest BCUT2D eigenvalue weighted by Crippen LogP contribution is 2.23. The third kappa shape index (κ3) is 2.45. The maximum absolute atomic E-state index is 8.80. The molecule has 1 aliphatic heterocycles. The molecule has 0 spiro atoms. The zero-order valence-corrected chi connectivity index (χ0v) is 10.1. The van der Waals surface area contributed by atoms with Gasteiger partial charge in [-0.1, -0.05) is 6.92 Å². The second kappa shape index (κ2) is 5.17. The zero-order chi connectivity index (χ0) is 11.4. The number of aromatic nitrogens is 2. The SMILES string of the molecule is CCC1CN(c2nccc(C#N)n2)CCS1. The molecule has 1 saturated heterocycles. The number of rotatable bonds is 2. The van der Waals surface area contributed by atoms with E-state index in [1.165, 1.54) is 6.42 Å². The van der Waals surface area contributed by atoms with Gasteiger partial charge in [-0.15, -0.1) is 0 Å². The van der Waals surface area contributed by atoms with Gasteiger partial charge in [0.25, 0.3) is 0 Å². The highest BCUT2D eigenvalue weighted by Gasteiger charge is 2.20. The molecular weight excluding hydrogens is 220 g/mol. The van der Waals surface area contributed by atoms with E-state index >= 15 is 0 Å². The van der Waals surface area contributed by atoms with Gasteiger partial charge in [0.15, 0.2) is 0 Å². The van der Waals surface area contributed by atoms with Crippen molar-refractivity contribution >= 4 is 17.7 Å². The van der Waals surface area contributed by atoms with Gasteiger partial charge in [0, 0.05) is 30.3 Å². The van der Waals surface area contributed by atoms with Crippen LogP contribution >= 0.6 is 11.8 Å². The van der Waals surface area contributed by atoms with E-state index in [9.17, 15) is 0 Å². The van der Waals surface area contributed by atoms with Crippen LogP contribution in [-0.2, 0) is 0 Å². The Bertz CT molecular complexity index is 401. The summed E-state index contributed by atoms with van der Waals surface area (Å²) in [6, 6.07) is 3.69.